The summed E-state index contributed by atoms with van der Waals surface area (Å²) in [4.78, 5) is 10.9. The summed E-state index contributed by atoms with van der Waals surface area (Å²) in [7, 11) is 2.02. The molecule has 3 rings (SSSR count). The summed E-state index contributed by atoms with van der Waals surface area (Å²) in [5.74, 6) is 0.581. The lowest BCUT2D eigenvalue weighted by molar-refractivity contribution is 0.523. The molecular formula is C16H21N3S. The van der Waals surface area contributed by atoms with Gasteiger partial charge in [0.1, 0.15) is 5.01 Å². The summed E-state index contributed by atoms with van der Waals surface area (Å²) in [5.41, 5.74) is 4.69. The zero-order valence-corrected chi connectivity index (χ0v) is 13.2. The Morgan fingerprint density at radius 1 is 1.25 bits per heavy atom. The zero-order chi connectivity index (χ0) is 14.1. The van der Waals surface area contributed by atoms with E-state index in [0.29, 0.717) is 5.92 Å². The Bertz CT molecular complexity index is 598. The molecule has 106 valence electrons. The first-order chi connectivity index (χ1) is 9.67. The van der Waals surface area contributed by atoms with E-state index in [9.17, 15) is 0 Å². The number of likely N-dealkylation sites (N-methyl/N-ethyl adjacent to an activating group) is 1. The average molecular weight is 287 g/mol. The van der Waals surface area contributed by atoms with Crippen molar-refractivity contribution in [2.75, 3.05) is 13.6 Å². The van der Waals surface area contributed by atoms with Crippen LogP contribution in [0.15, 0.2) is 12.1 Å². The lowest BCUT2D eigenvalue weighted by Crippen LogP contribution is -2.20. The average Bonchev–Trinajstić information content (AvgIpc) is 2.83. The molecule has 0 fully saturated rings. The van der Waals surface area contributed by atoms with Gasteiger partial charge in [0, 0.05) is 34.3 Å². The van der Waals surface area contributed by atoms with Crippen molar-refractivity contribution in [2.24, 2.45) is 0 Å². The van der Waals surface area contributed by atoms with Gasteiger partial charge in [0.05, 0.1) is 5.69 Å². The van der Waals surface area contributed by atoms with Crippen LogP contribution in [0.3, 0.4) is 0 Å². The van der Waals surface area contributed by atoms with Crippen LogP contribution < -0.4 is 5.32 Å². The molecule has 0 amide bonds. The molecule has 1 aliphatic rings. The molecule has 0 radical (unpaired) electrons. The third kappa shape index (κ3) is 2.63. The summed E-state index contributed by atoms with van der Waals surface area (Å²) >= 11 is 1.87. The van der Waals surface area contributed by atoms with Crippen LogP contribution in [0.4, 0.5) is 0 Å². The van der Waals surface area contributed by atoms with E-state index in [2.05, 4.69) is 22.4 Å². The van der Waals surface area contributed by atoms with Gasteiger partial charge in [-0.1, -0.05) is 0 Å². The van der Waals surface area contributed by atoms with Gasteiger partial charge in [0.2, 0.25) is 0 Å². The first-order valence-corrected chi connectivity index (χ1v) is 8.09. The monoisotopic (exact) mass is 287 g/mol. The Morgan fingerprint density at radius 3 is 2.70 bits per heavy atom. The van der Waals surface area contributed by atoms with Gasteiger partial charge in [-0.3, -0.25) is 4.98 Å². The molecule has 0 spiro atoms. The van der Waals surface area contributed by atoms with Crippen molar-refractivity contribution in [3.8, 4) is 10.6 Å². The Labute approximate surface area is 124 Å². The highest BCUT2D eigenvalue weighted by atomic mass is 32.1. The molecule has 20 heavy (non-hydrogen) atoms. The molecule has 2 aromatic rings. The number of nitrogens with zero attached hydrogens (tertiary/aromatic N) is 2. The third-order valence-corrected chi connectivity index (χ3v) is 5.03. The van der Waals surface area contributed by atoms with Crippen LogP contribution in [0.5, 0.6) is 0 Å². The van der Waals surface area contributed by atoms with Gasteiger partial charge in [0.25, 0.3) is 0 Å². The number of rotatable bonds is 3. The fourth-order valence-electron chi connectivity index (χ4n) is 3.03. The predicted molar refractivity (Wildman–Crippen MR) is 84.4 cm³/mol. The second kappa shape index (κ2) is 5.62. The summed E-state index contributed by atoms with van der Waals surface area (Å²) in [6.07, 6.45) is 3.73. The van der Waals surface area contributed by atoms with Gasteiger partial charge in [0.15, 0.2) is 0 Å². The van der Waals surface area contributed by atoms with Gasteiger partial charge in [-0.05, 0) is 52.3 Å². The van der Waals surface area contributed by atoms with Crippen molar-refractivity contribution in [1.82, 2.24) is 15.3 Å². The second-order valence-electron chi connectivity index (χ2n) is 5.61. The SMILES string of the molecule is CNCC1CCCc2sc(-c3cc(C)nc(C)c3)nc21. The van der Waals surface area contributed by atoms with Crippen molar-refractivity contribution in [3.63, 3.8) is 0 Å². The molecule has 0 saturated carbocycles. The number of hydrogen-bond acceptors (Lipinski definition) is 4. The van der Waals surface area contributed by atoms with Gasteiger partial charge >= 0.3 is 0 Å². The lowest BCUT2D eigenvalue weighted by Gasteiger charge is -2.20. The maximum Gasteiger partial charge on any atom is 0.124 e. The quantitative estimate of drug-likeness (QED) is 0.939. The largest absolute Gasteiger partial charge is 0.319 e. The lowest BCUT2D eigenvalue weighted by atomic mass is 9.91. The minimum Gasteiger partial charge on any atom is -0.319 e. The molecule has 1 N–H and O–H groups in total. The van der Waals surface area contributed by atoms with Gasteiger partial charge in [-0.15, -0.1) is 11.3 Å². The van der Waals surface area contributed by atoms with E-state index in [-0.39, 0.29) is 0 Å². The first-order valence-electron chi connectivity index (χ1n) is 7.27. The zero-order valence-electron chi connectivity index (χ0n) is 12.4. The Balaban J connectivity index is 2.00. The molecule has 2 aromatic heterocycles. The summed E-state index contributed by atoms with van der Waals surface area (Å²) in [6, 6.07) is 4.29. The third-order valence-electron chi connectivity index (χ3n) is 3.85. The minimum atomic E-state index is 0.581. The van der Waals surface area contributed by atoms with Crippen molar-refractivity contribution in [3.05, 3.63) is 34.1 Å². The number of aryl methyl sites for hydroxylation is 3. The molecule has 0 saturated heterocycles. The number of pyridine rings is 1. The van der Waals surface area contributed by atoms with Crippen LogP contribution in [0.2, 0.25) is 0 Å². The van der Waals surface area contributed by atoms with Crippen molar-refractivity contribution in [1.29, 1.82) is 0 Å². The molecule has 0 bridgehead atoms. The predicted octanol–water partition coefficient (Wildman–Crippen LogP) is 3.46. The first kappa shape index (κ1) is 13.7. The van der Waals surface area contributed by atoms with Gasteiger partial charge < -0.3 is 5.32 Å². The topological polar surface area (TPSA) is 37.8 Å². The molecule has 1 atom stereocenters. The molecule has 1 aliphatic carbocycles. The fourth-order valence-corrected chi connectivity index (χ4v) is 4.21. The van der Waals surface area contributed by atoms with E-state index in [1.54, 1.807) is 0 Å². The molecule has 1 unspecified atom stereocenters. The number of aromatic nitrogens is 2. The fraction of sp³-hybridized carbons (Fsp3) is 0.500. The molecule has 0 aromatic carbocycles. The van der Waals surface area contributed by atoms with E-state index < -0.39 is 0 Å². The summed E-state index contributed by atoms with van der Waals surface area (Å²) < 4.78 is 0. The van der Waals surface area contributed by atoms with E-state index in [1.807, 2.05) is 32.2 Å². The summed E-state index contributed by atoms with van der Waals surface area (Å²) in [5, 5.41) is 4.46. The second-order valence-corrected chi connectivity index (χ2v) is 6.70. The van der Waals surface area contributed by atoms with Crippen LogP contribution in [-0.4, -0.2) is 23.6 Å². The summed E-state index contributed by atoms with van der Waals surface area (Å²) in [6.45, 7) is 5.13. The number of thiazole rings is 1. The van der Waals surface area contributed by atoms with Crippen LogP contribution in [0, 0.1) is 13.8 Å². The van der Waals surface area contributed by atoms with Crippen LogP contribution in [0.25, 0.3) is 10.6 Å². The molecule has 0 aliphatic heterocycles. The molecular weight excluding hydrogens is 266 g/mol. The maximum atomic E-state index is 4.95. The smallest absolute Gasteiger partial charge is 0.124 e. The van der Waals surface area contributed by atoms with Crippen LogP contribution >= 0.6 is 11.3 Å². The number of hydrogen-bond donors (Lipinski definition) is 1. The van der Waals surface area contributed by atoms with Gasteiger partial charge in [-0.2, -0.15) is 0 Å². The highest BCUT2D eigenvalue weighted by Crippen LogP contribution is 2.38. The highest BCUT2D eigenvalue weighted by molar-refractivity contribution is 7.15. The number of fused-ring (bicyclic) bond motifs is 1. The maximum absolute atomic E-state index is 4.95. The van der Waals surface area contributed by atoms with Gasteiger partial charge in [-0.25, -0.2) is 4.98 Å². The highest BCUT2D eigenvalue weighted by Gasteiger charge is 2.24. The van der Waals surface area contributed by atoms with E-state index in [4.69, 9.17) is 4.98 Å². The van der Waals surface area contributed by atoms with Crippen LogP contribution in [-0.2, 0) is 6.42 Å². The van der Waals surface area contributed by atoms with Crippen molar-refractivity contribution >= 4 is 11.3 Å². The molecule has 3 nitrogen and oxygen atoms in total. The molecule has 2 heterocycles. The Hall–Kier alpha value is -1.26. The minimum absolute atomic E-state index is 0.581. The van der Waals surface area contributed by atoms with E-state index in [0.717, 1.165) is 22.9 Å². The standard InChI is InChI=1S/C16H21N3S/c1-10-7-13(8-11(2)18-10)16-19-15-12(9-17-3)5-4-6-14(15)20-16/h7-8,12,17H,4-6,9H2,1-3H3. The van der Waals surface area contributed by atoms with E-state index in [1.165, 1.54) is 35.4 Å². The number of nitrogens with one attached hydrogen (secondary N) is 1. The van der Waals surface area contributed by atoms with Crippen LogP contribution in [0.1, 0.15) is 40.7 Å². The molecule has 4 heteroatoms. The Kier molecular flexibility index (Phi) is 3.85. The van der Waals surface area contributed by atoms with E-state index >= 15 is 0 Å². The normalized spacial score (nSPS) is 18.1. The van der Waals surface area contributed by atoms with Crippen molar-refractivity contribution in [2.45, 2.75) is 39.0 Å². The Morgan fingerprint density at radius 2 is 2.00 bits per heavy atom. The van der Waals surface area contributed by atoms with Crippen molar-refractivity contribution < 1.29 is 0 Å².